The average Bonchev–Trinajstić information content (AvgIpc) is 2.53. The van der Waals surface area contributed by atoms with E-state index in [2.05, 4.69) is 10.0 Å². The number of nitro benzene ring substituents is 1. The zero-order valence-electron chi connectivity index (χ0n) is 11.9. The minimum absolute atomic E-state index is 0.0733. The van der Waals surface area contributed by atoms with Crippen molar-refractivity contribution in [2.75, 3.05) is 0 Å². The molecular formula is C14H9F3N4O3. The molecule has 0 saturated heterocycles. The Morgan fingerprint density at radius 3 is 2.42 bits per heavy atom. The lowest BCUT2D eigenvalue weighted by Crippen LogP contribution is -2.05. The Bertz CT molecular complexity index is 800. The van der Waals surface area contributed by atoms with Gasteiger partial charge in [-0.25, -0.2) is 0 Å². The fourth-order valence-electron chi connectivity index (χ4n) is 1.83. The molecule has 0 aliphatic carbocycles. The first kappa shape index (κ1) is 17.1. The first-order valence-electron chi connectivity index (χ1n) is 6.44. The summed E-state index contributed by atoms with van der Waals surface area (Å²) in [4.78, 5) is 12.7. The van der Waals surface area contributed by atoms with Crippen LogP contribution in [-0.2, 0) is 12.8 Å². The van der Waals surface area contributed by atoms with Crippen molar-refractivity contribution in [3.63, 3.8) is 0 Å². The molecule has 2 aromatic rings. The third-order valence-corrected chi connectivity index (χ3v) is 2.98. The Hall–Kier alpha value is -3.26. The van der Waals surface area contributed by atoms with Crippen LogP contribution in [0.2, 0.25) is 0 Å². The average molecular weight is 338 g/mol. The molecule has 0 N–H and O–H groups in total. The Balaban J connectivity index is 2.13. The molecule has 10 heteroatoms. The van der Waals surface area contributed by atoms with E-state index in [1.165, 1.54) is 24.3 Å². The van der Waals surface area contributed by atoms with Gasteiger partial charge in [0.15, 0.2) is 0 Å². The molecule has 0 amide bonds. The van der Waals surface area contributed by atoms with Crippen LogP contribution in [0, 0.1) is 10.1 Å². The summed E-state index contributed by atoms with van der Waals surface area (Å²) in [6.45, 7) is -0.0733. The van der Waals surface area contributed by atoms with Crippen molar-refractivity contribution in [1.82, 2.24) is 0 Å². The summed E-state index contributed by atoms with van der Waals surface area (Å²) in [7, 11) is 0. The van der Waals surface area contributed by atoms with Gasteiger partial charge in [0.1, 0.15) is 18.0 Å². The molecule has 0 aliphatic rings. The summed E-state index contributed by atoms with van der Waals surface area (Å²) >= 11 is 0. The molecular weight excluding hydrogens is 329 g/mol. The van der Waals surface area contributed by atoms with Crippen LogP contribution in [0.15, 0.2) is 47.6 Å². The van der Waals surface area contributed by atoms with Gasteiger partial charge in [0.05, 0.1) is 16.6 Å². The van der Waals surface area contributed by atoms with E-state index in [1.54, 1.807) is 0 Å². The molecule has 124 valence electrons. The molecule has 0 aromatic heterocycles. The van der Waals surface area contributed by atoms with Crippen molar-refractivity contribution in [3.8, 4) is 5.75 Å². The Morgan fingerprint density at radius 1 is 1.21 bits per heavy atom. The summed E-state index contributed by atoms with van der Waals surface area (Å²) in [5.41, 5.74) is 7.44. The zero-order chi connectivity index (χ0) is 17.7. The molecule has 24 heavy (non-hydrogen) atoms. The second kappa shape index (κ2) is 6.88. The molecule has 2 rings (SSSR count). The number of halogens is 3. The van der Waals surface area contributed by atoms with Gasteiger partial charge in [0, 0.05) is 4.91 Å². The number of nitro groups is 1. The zero-order valence-corrected chi connectivity index (χ0v) is 11.9. The van der Waals surface area contributed by atoms with Gasteiger partial charge in [0.2, 0.25) is 0 Å². The lowest BCUT2D eigenvalue weighted by molar-refractivity contribution is -0.384. The van der Waals surface area contributed by atoms with Gasteiger partial charge in [-0.3, -0.25) is 10.1 Å². The predicted octanol–water partition coefficient (Wildman–Crippen LogP) is 5.13. The van der Waals surface area contributed by atoms with Gasteiger partial charge in [-0.15, -0.1) is 0 Å². The molecule has 2 aromatic carbocycles. The predicted molar refractivity (Wildman–Crippen MR) is 77.7 cm³/mol. The van der Waals surface area contributed by atoms with Crippen LogP contribution < -0.4 is 4.74 Å². The lowest BCUT2D eigenvalue weighted by atomic mass is 10.1. The van der Waals surface area contributed by atoms with E-state index < -0.39 is 22.4 Å². The van der Waals surface area contributed by atoms with Crippen LogP contribution in [0.5, 0.6) is 5.75 Å². The molecule has 0 saturated carbocycles. The third-order valence-electron chi connectivity index (χ3n) is 2.98. The number of alkyl halides is 3. The molecule has 0 spiro atoms. The van der Waals surface area contributed by atoms with Crippen LogP contribution in [0.3, 0.4) is 0 Å². The van der Waals surface area contributed by atoms with Crippen molar-refractivity contribution >= 4 is 11.4 Å². The normalized spacial score (nSPS) is 10.8. The second-order valence-electron chi connectivity index (χ2n) is 4.58. The molecule has 0 fully saturated rings. The van der Waals surface area contributed by atoms with Crippen LogP contribution in [-0.4, -0.2) is 4.92 Å². The van der Waals surface area contributed by atoms with E-state index in [9.17, 15) is 23.3 Å². The standard InChI is InChI=1S/C14H9F3N4O3/c15-14(16,17)10-3-1-9(2-4-10)8-24-11-5-6-12(19-20-18)13(7-11)21(22)23/h1-7H,8H2. The van der Waals surface area contributed by atoms with Crippen molar-refractivity contribution in [1.29, 1.82) is 0 Å². The number of benzene rings is 2. The molecule has 0 heterocycles. The minimum Gasteiger partial charge on any atom is -0.489 e. The SMILES string of the molecule is [N-]=[N+]=Nc1ccc(OCc2ccc(C(F)(F)F)cc2)cc1[N+](=O)[O-]. The maximum absolute atomic E-state index is 12.5. The maximum Gasteiger partial charge on any atom is 0.416 e. The van der Waals surface area contributed by atoms with Gasteiger partial charge in [-0.2, -0.15) is 13.2 Å². The highest BCUT2D eigenvalue weighted by Crippen LogP contribution is 2.32. The second-order valence-corrected chi connectivity index (χ2v) is 4.58. The van der Waals surface area contributed by atoms with E-state index in [4.69, 9.17) is 10.3 Å². The molecule has 0 bridgehead atoms. The van der Waals surface area contributed by atoms with Gasteiger partial charge in [0.25, 0.3) is 5.69 Å². The molecule has 0 unspecified atom stereocenters. The number of rotatable bonds is 5. The van der Waals surface area contributed by atoms with Crippen LogP contribution in [0.4, 0.5) is 24.5 Å². The van der Waals surface area contributed by atoms with Crippen molar-refractivity contribution < 1.29 is 22.8 Å². The Kier molecular flexibility index (Phi) is 4.90. The quantitative estimate of drug-likeness (QED) is 0.248. The van der Waals surface area contributed by atoms with Gasteiger partial charge in [-0.1, -0.05) is 17.2 Å². The van der Waals surface area contributed by atoms with E-state index in [1.807, 2.05) is 0 Å². The van der Waals surface area contributed by atoms with Gasteiger partial charge in [-0.05, 0) is 35.4 Å². The highest BCUT2D eigenvalue weighted by molar-refractivity contribution is 5.60. The third kappa shape index (κ3) is 4.14. The summed E-state index contributed by atoms with van der Waals surface area (Å²) in [5, 5.41) is 14.1. The number of hydrogen-bond donors (Lipinski definition) is 0. The van der Waals surface area contributed by atoms with Gasteiger partial charge < -0.3 is 4.74 Å². The largest absolute Gasteiger partial charge is 0.489 e. The smallest absolute Gasteiger partial charge is 0.416 e. The Morgan fingerprint density at radius 2 is 1.88 bits per heavy atom. The first-order valence-corrected chi connectivity index (χ1v) is 6.44. The maximum atomic E-state index is 12.5. The van der Waals surface area contributed by atoms with E-state index in [0.29, 0.717) is 5.56 Å². The summed E-state index contributed by atoms with van der Waals surface area (Å²) < 4.78 is 42.7. The van der Waals surface area contributed by atoms with Crippen molar-refractivity contribution in [3.05, 3.63) is 74.1 Å². The molecule has 0 atom stereocenters. The van der Waals surface area contributed by atoms with E-state index in [0.717, 1.165) is 18.2 Å². The minimum atomic E-state index is -4.42. The highest BCUT2D eigenvalue weighted by Gasteiger charge is 2.29. The van der Waals surface area contributed by atoms with Gasteiger partial charge >= 0.3 is 6.18 Å². The Labute approximate surface area is 133 Å². The van der Waals surface area contributed by atoms with Crippen LogP contribution in [0.1, 0.15) is 11.1 Å². The first-order chi connectivity index (χ1) is 11.3. The van der Waals surface area contributed by atoms with Crippen molar-refractivity contribution in [2.45, 2.75) is 12.8 Å². The number of hydrogen-bond acceptors (Lipinski definition) is 4. The lowest BCUT2D eigenvalue weighted by Gasteiger charge is -2.09. The van der Waals surface area contributed by atoms with Crippen molar-refractivity contribution in [2.24, 2.45) is 5.11 Å². The van der Waals surface area contributed by atoms with Crippen LogP contribution in [0.25, 0.3) is 10.4 Å². The molecule has 0 aliphatic heterocycles. The number of nitrogens with zero attached hydrogens (tertiary/aromatic N) is 4. The van der Waals surface area contributed by atoms with Crippen LogP contribution >= 0.6 is 0 Å². The molecule has 7 nitrogen and oxygen atoms in total. The summed E-state index contributed by atoms with van der Waals surface area (Å²) in [6.07, 6.45) is -4.42. The fraction of sp³-hybridized carbons (Fsp3) is 0.143. The summed E-state index contributed by atoms with van der Waals surface area (Å²) in [6, 6.07) is 8.02. The fourth-order valence-corrected chi connectivity index (χ4v) is 1.83. The number of ether oxygens (including phenoxy) is 1. The summed E-state index contributed by atoms with van der Waals surface area (Å²) in [5.74, 6) is 0.124. The monoisotopic (exact) mass is 338 g/mol. The number of azide groups is 1. The van der Waals surface area contributed by atoms with E-state index >= 15 is 0 Å². The topological polar surface area (TPSA) is 101 Å². The molecule has 0 radical (unpaired) electrons. The van der Waals surface area contributed by atoms with E-state index in [-0.39, 0.29) is 18.0 Å². The highest BCUT2D eigenvalue weighted by atomic mass is 19.4.